The quantitative estimate of drug-likeness (QED) is 0.548. The number of rotatable bonds is 9. The van der Waals surface area contributed by atoms with E-state index in [0.717, 1.165) is 31.2 Å². The predicted octanol–water partition coefficient (Wildman–Crippen LogP) is 4.69. The van der Waals surface area contributed by atoms with Crippen LogP contribution in [-0.2, 0) is 21.1 Å². The van der Waals surface area contributed by atoms with Gasteiger partial charge in [-0.1, -0.05) is 12.1 Å². The third-order valence-corrected chi connectivity index (χ3v) is 8.76. The molecule has 1 saturated carbocycles. The largest absolute Gasteiger partial charge is 0.334 e. The normalized spacial score (nSPS) is 19.8. The minimum atomic E-state index is -3.04. The Morgan fingerprint density at radius 1 is 0.968 bits per heavy atom. The number of Topliss-reactive ketones (excluding diaryl/α,β-unsaturated/α-hetero) is 1. The van der Waals surface area contributed by atoms with Crippen molar-refractivity contribution in [2.75, 3.05) is 5.75 Å². The first-order valence-corrected chi connectivity index (χ1v) is 13.3. The predicted molar refractivity (Wildman–Crippen MR) is 126 cm³/mol. The van der Waals surface area contributed by atoms with E-state index >= 15 is 0 Å². The molecule has 1 fully saturated rings. The summed E-state index contributed by atoms with van der Waals surface area (Å²) in [6.07, 6.45) is 3.41. The second kappa shape index (κ2) is 10.8. The number of benzene rings is 1. The van der Waals surface area contributed by atoms with Gasteiger partial charge in [-0.25, -0.2) is 8.42 Å². The van der Waals surface area contributed by atoms with Crippen LogP contribution in [-0.4, -0.2) is 48.1 Å². The van der Waals surface area contributed by atoms with Gasteiger partial charge in [-0.2, -0.15) is 0 Å². The highest BCUT2D eigenvalue weighted by Crippen LogP contribution is 2.31. The number of ketones is 1. The first-order chi connectivity index (χ1) is 14.4. The Morgan fingerprint density at radius 3 is 2.06 bits per heavy atom. The number of sulfone groups is 1. The lowest BCUT2D eigenvalue weighted by atomic mass is 9.79. The van der Waals surface area contributed by atoms with Gasteiger partial charge in [0, 0.05) is 30.0 Å². The number of amides is 1. The van der Waals surface area contributed by atoms with Gasteiger partial charge < -0.3 is 4.90 Å². The molecular weight excluding hydrogens is 410 g/mol. The van der Waals surface area contributed by atoms with E-state index in [1.54, 1.807) is 13.8 Å². The minimum Gasteiger partial charge on any atom is -0.334 e. The molecule has 1 aliphatic carbocycles. The fourth-order valence-corrected chi connectivity index (χ4v) is 5.92. The Kier molecular flexibility index (Phi) is 8.87. The van der Waals surface area contributed by atoms with Crippen molar-refractivity contribution in [2.24, 2.45) is 11.8 Å². The van der Waals surface area contributed by atoms with Gasteiger partial charge in [-0.05, 0) is 90.8 Å². The molecule has 0 spiro atoms. The maximum absolute atomic E-state index is 13.0. The van der Waals surface area contributed by atoms with Gasteiger partial charge in [-0.3, -0.25) is 9.59 Å². The number of hydrogen-bond donors (Lipinski definition) is 0. The van der Waals surface area contributed by atoms with Crippen molar-refractivity contribution in [3.05, 3.63) is 35.4 Å². The van der Waals surface area contributed by atoms with Gasteiger partial charge in [0.15, 0.2) is 9.84 Å². The molecule has 174 valence electrons. The van der Waals surface area contributed by atoms with Crippen molar-refractivity contribution < 1.29 is 18.0 Å². The molecule has 1 aliphatic rings. The average molecular weight is 450 g/mol. The third kappa shape index (κ3) is 6.90. The monoisotopic (exact) mass is 449 g/mol. The molecule has 0 saturated heterocycles. The fourth-order valence-electron chi connectivity index (χ4n) is 4.55. The lowest BCUT2D eigenvalue weighted by Gasteiger charge is -2.31. The lowest BCUT2D eigenvalue weighted by Crippen LogP contribution is -2.42. The van der Waals surface area contributed by atoms with Crippen LogP contribution in [0.4, 0.5) is 0 Å². The average Bonchev–Trinajstić information content (AvgIpc) is 2.67. The molecular formula is C25H39NO4S. The highest BCUT2D eigenvalue weighted by Gasteiger charge is 2.30. The van der Waals surface area contributed by atoms with E-state index in [4.69, 9.17) is 0 Å². The Labute approximate surface area is 188 Å². The molecule has 0 aliphatic heterocycles. The van der Waals surface area contributed by atoms with Crippen LogP contribution >= 0.6 is 0 Å². The number of carbonyl (C=O) groups is 2. The van der Waals surface area contributed by atoms with Crippen LogP contribution in [0.25, 0.3) is 0 Å². The number of nitrogens with zero attached hydrogens (tertiary/aromatic N) is 1. The molecule has 0 bridgehead atoms. The Hall–Kier alpha value is -1.69. The smallest absolute Gasteiger partial charge is 0.254 e. The molecule has 1 aromatic rings. The molecule has 31 heavy (non-hydrogen) atoms. The Balaban J connectivity index is 1.98. The highest BCUT2D eigenvalue weighted by molar-refractivity contribution is 7.91. The molecule has 5 nitrogen and oxygen atoms in total. The van der Waals surface area contributed by atoms with Crippen molar-refractivity contribution in [1.29, 1.82) is 0 Å². The van der Waals surface area contributed by atoms with Crippen molar-refractivity contribution in [2.45, 2.75) is 91.0 Å². The topological polar surface area (TPSA) is 71.5 Å². The fraction of sp³-hybridized carbons (Fsp3) is 0.680. The summed E-state index contributed by atoms with van der Waals surface area (Å²) < 4.78 is 24.4. The molecule has 1 amide bonds. The van der Waals surface area contributed by atoms with Crippen LogP contribution in [0.1, 0.15) is 83.1 Å². The summed E-state index contributed by atoms with van der Waals surface area (Å²) in [5.74, 6) is 0.568. The summed E-state index contributed by atoms with van der Waals surface area (Å²) in [5, 5.41) is -0.343. The van der Waals surface area contributed by atoms with Crippen molar-refractivity contribution in [3.8, 4) is 0 Å². The first kappa shape index (κ1) is 25.6. The maximum Gasteiger partial charge on any atom is 0.254 e. The second-order valence-corrected chi connectivity index (χ2v) is 12.4. The third-order valence-electron chi connectivity index (χ3n) is 6.39. The molecule has 1 aromatic carbocycles. The van der Waals surface area contributed by atoms with Gasteiger partial charge in [0.1, 0.15) is 5.78 Å². The standard InChI is InChI=1S/C25H39NO4S/c1-17(2)26(18(3)4)25(28)23-9-7-8-21(14-23)15-24(27)22-12-10-20(11-13-22)16-31(29,30)19(5)6/h7-9,14,17-20,22H,10-13,15-16H2,1-6H3. The summed E-state index contributed by atoms with van der Waals surface area (Å²) >= 11 is 0. The van der Waals surface area contributed by atoms with E-state index in [1.165, 1.54) is 0 Å². The molecule has 0 unspecified atom stereocenters. The number of hydrogen-bond acceptors (Lipinski definition) is 4. The Bertz CT molecular complexity index is 857. The highest BCUT2D eigenvalue weighted by atomic mass is 32.2. The lowest BCUT2D eigenvalue weighted by molar-refractivity contribution is -0.123. The van der Waals surface area contributed by atoms with Crippen molar-refractivity contribution in [1.82, 2.24) is 4.90 Å². The zero-order chi connectivity index (χ0) is 23.3. The minimum absolute atomic E-state index is 0.00818. The Morgan fingerprint density at radius 2 is 1.55 bits per heavy atom. The van der Waals surface area contributed by atoms with Gasteiger partial charge in [0.05, 0.1) is 11.0 Å². The summed E-state index contributed by atoms with van der Waals surface area (Å²) in [7, 11) is -3.04. The molecule has 0 aromatic heterocycles. The molecule has 0 atom stereocenters. The molecule has 2 rings (SSSR count). The molecule has 0 heterocycles. The second-order valence-electron chi connectivity index (χ2n) is 9.84. The van der Waals surface area contributed by atoms with Gasteiger partial charge in [0.25, 0.3) is 5.91 Å². The van der Waals surface area contributed by atoms with Gasteiger partial charge in [-0.15, -0.1) is 0 Å². The van der Waals surface area contributed by atoms with E-state index in [9.17, 15) is 18.0 Å². The zero-order valence-corrected chi connectivity index (χ0v) is 20.7. The van der Waals surface area contributed by atoms with Crippen LogP contribution in [0, 0.1) is 11.8 Å². The zero-order valence-electron chi connectivity index (χ0n) is 19.9. The summed E-state index contributed by atoms with van der Waals surface area (Å²) in [6, 6.07) is 7.63. The van der Waals surface area contributed by atoms with Crippen LogP contribution in [0.5, 0.6) is 0 Å². The van der Waals surface area contributed by atoms with Crippen molar-refractivity contribution >= 4 is 21.5 Å². The van der Waals surface area contributed by atoms with E-state index < -0.39 is 9.84 Å². The first-order valence-electron chi connectivity index (χ1n) is 11.6. The number of carbonyl (C=O) groups excluding carboxylic acids is 2. The van der Waals surface area contributed by atoms with Gasteiger partial charge in [0.2, 0.25) is 0 Å². The van der Waals surface area contributed by atoms with E-state index in [0.29, 0.717) is 12.0 Å². The molecule has 6 heteroatoms. The van der Waals surface area contributed by atoms with E-state index in [1.807, 2.05) is 56.9 Å². The van der Waals surface area contributed by atoms with E-state index in [2.05, 4.69) is 0 Å². The van der Waals surface area contributed by atoms with Crippen LogP contribution in [0.3, 0.4) is 0 Å². The van der Waals surface area contributed by atoms with E-state index in [-0.39, 0.29) is 46.6 Å². The SMILES string of the molecule is CC(C)N(C(=O)c1cccc(CC(=O)C2CCC(CS(=O)(=O)C(C)C)CC2)c1)C(C)C. The van der Waals surface area contributed by atoms with Gasteiger partial charge >= 0.3 is 0 Å². The summed E-state index contributed by atoms with van der Waals surface area (Å²) in [4.78, 5) is 27.7. The summed E-state index contributed by atoms with van der Waals surface area (Å²) in [5.41, 5.74) is 1.49. The van der Waals surface area contributed by atoms with Crippen LogP contribution in [0.2, 0.25) is 0 Å². The van der Waals surface area contributed by atoms with Crippen molar-refractivity contribution in [3.63, 3.8) is 0 Å². The molecule has 0 radical (unpaired) electrons. The van der Waals surface area contributed by atoms with Crippen LogP contribution in [0.15, 0.2) is 24.3 Å². The maximum atomic E-state index is 13.0. The summed E-state index contributed by atoms with van der Waals surface area (Å²) in [6.45, 7) is 11.5. The van der Waals surface area contributed by atoms with Crippen LogP contribution < -0.4 is 0 Å². The molecule has 0 N–H and O–H groups in total.